The van der Waals surface area contributed by atoms with Gasteiger partial charge in [0.1, 0.15) is 6.61 Å². The quantitative estimate of drug-likeness (QED) is 0.682. The molecule has 1 saturated heterocycles. The number of nitrogens with zero attached hydrogens (tertiary/aromatic N) is 1. The van der Waals surface area contributed by atoms with E-state index in [0.717, 1.165) is 0 Å². The Morgan fingerprint density at radius 1 is 1.00 bits per heavy atom. The highest BCUT2D eigenvalue weighted by atomic mass is 16.5. The van der Waals surface area contributed by atoms with E-state index in [2.05, 4.69) is 29.6 Å². The van der Waals surface area contributed by atoms with Crippen LogP contribution in [0.5, 0.6) is 0 Å². The molecule has 34 heavy (non-hydrogen) atoms. The second-order valence-corrected chi connectivity index (χ2v) is 9.93. The van der Waals surface area contributed by atoms with Crippen LogP contribution in [0.2, 0.25) is 0 Å². The van der Waals surface area contributed by atoms with E-state index in [1.807, 2.05) is 31.2 Å². The van der Waals surface area contributed by atoms with E-state index in [4.69, 9.17) is 4.74 Å². The van der Waals surface area contributed by atoms with Crippen molar-refractivity contribution in [2.75, 3.05) is 26.2 Å². The Labute approximate surface area is 199 Å². The second-order valence-electron chi connectivity index (χ2n) is 9.93. The molecular formula is C27H30N2O5. The molecule has 7 nitrogen and oxygen atoms in total. The van der Waals surface area contributed by atoms with Crippen LogP contribution >= 0.6 is 0 Å². The zero-order chi connectivity index (χ0) is 23.8. The maximum atomic E-state index is 12.9. The molecule has 2 aliphatic carbocycles. The molecule has 178 valence electrons. The lowest BCUT2D eigenvalue weighted by Crippen LogP contribution is -2.46. The molecule has 2 amide bonds. The van der Waals surface area contributed by atoms with Gasteiger partial charge in [0.25, 0.3) is 0 Å². The summed E-state index contributed by atoms with van der Waals surface area (Å²) in [6, 6.07) is 16.4. The van der Waals surface area contributed by atoms with Gasteiger partial charge in [0, 0.05) is 31.5 Å². The van der Waals surface area contributed by atoms with E-state index in [0.29, 0.717) is 25.9 Å². The molecule has 5 rings (SSSR count). The van der Waals surface area contributed by atoms with Crippen LogP contribution in [0.25, 0.3) is 11.1 Å². The zero-order valence-electron chi connectivity index (χ0n) is 19.3. The number of ether oxygens (including phenoxy) is 1. The summed E-state index contributed by atoms with van der Waals surface area (Å²) in [7, 11) is 0. The lowest BCUT2D eigenvalue weighted by Gasteiger charge is -2.35. The maximum Gasteiger partial charge on any atom is 0.407 e. The molecule has 2 unspecified atom stereocenters. The van der Waals surface area contributed by atoms with Gasteiger partial charge in [-0.05, 0) is 46.9 Å². The minimum Gasteiger partial charge on any atom is -0.481 e. The SMILES string of the molecule is CC1CC(C(=O)O)CN(C(=O)[C@H]2C[C@H]2CNC(=O)OCC2c3ccccc3-c3ccccc32)C1. The number of rotatable bonds is 6. The van der Waals surface area contributed by atoms with E-state index < -0.39 is 18.0 Å². The minimum absolute atomic E-state index is 0.0108. The third-order valence-corrected chi connectivity index (χ3v) is 7.41. The van der Waals surface area contributed by atoms with Gasteiger partial charge < -0.3 is 20.1 Å². The Morgan fingerprint density at radius 2 is 1.65 bits per heavy atom. The van der Waals surface area contributed by atoms with Crippen molar-refractivity contribution in [1.29, 1.82) is 0 Å². The topological polar surface area (TPSA) is 95.9 Å². The van der Waals surface area contributed by atoms with Gasteiger partial charge >= 0.3 is 12.1 Å². The molecule has 2 aromatic rings. The number of carbonyl (C=O) groups excluding carboxylic acids is 2. The van der Waals surface area contributed by atoms with Crippen molar-refractivity contribution < 1.29 is 24.2 Å². The maximum absolute atomic E-state index is 12.9. The predicted molar refractivity (Wildman–Crippen MR) is 126 cm³/mol. The number of carboxylic acids is 1. The van der Waals surface area contributed by atoms with E-state index in [9.17, 15) is 19.5 Å². The highest BCUT2D eigenvalue weighted by Crippen LogP contribution is 2.44. The molecule has 4 atom stereocenters. The average molecular weight is 463 g/mol. The zero-order valence-corrected chi connectivity index (χ0v) is 19.3. The molecule has 0 bridgehead atoms. The first-order valence-corrected chi connectivity index (χ1v) is 12.0. The average Bonchev–Trinajstić information content (AvgIpc) is 3.55. The fourth-order valence-electron chi connectivity index (χ4n) is 5.58. The summed E-state index contributed by atoms with van der Waals surface area (Å²) in [5.74, 6) is -1.21. The molecule has 2 N–H and O–H groups in total. The number of aliphatic carboxylic acids is 1. The Balaban J connectivity index is 1.11. The molecule has 2 aromatic carbocycles. The number of amides is 2. The van der Waals surface area contributed by atoms with Crippen LogP contribution in [0.3, 0.4) is 0 Å². The molecule has 7 heteroatoms. The first-order valence-electron chi connectivity index (χ1n) is 12.0. The number of nitrogens with one attached hydrogen (secondary N) is 1. The number of hydrogen-bond acceptors (Lipinski definition) is 4. The van der Waals surface area contributed by atoms with Gasteiger partial charge in [-0.3, -0.25) is 9.59 Å². The molecule has 1 heterocycles. The smallest absolute Gasteiger partial charge is 0.407 e. The Hall–Kier alpha value is -3.35. The number of hydrogen-bond donors (Lipinski definition) is 2. The van der Waals surface area contributed by atoms with Gasteiger partial charge in [0.05, 0.1) is 5.92 Å². The van der Waals surface area contributed by atoms with Gasteiger partial charge in [0.2, 0.25) is 5.91 Å². The van der Waals surface area contributed by atoms with Crippen molar-refractivity contribution in [3.8, 4) is 11.1 Å². The van der Waals surface area contributed by atoms with Crippen molar-refractivity contribution in [3.05, 3.63) is 59.7 Å². The molecule has 1 saturated carbocycles. The molecule has 0 aromatic heterocycles. The highest BCUT2D eigenvalue weighted by Gasteiger charge is 2.46. The van der Waals surface area contributed by atoms with Gasteiger partial charge in [-0.1, -0.05) is 55.5 Å². The van der Waals surface area contributed by atoms with Crippen molar-refractivity contribution >= 4 is 18.0 Å². The molecule has 0 radical (unpaired) electrons. The number of carboxylic acid groups (broad SMARTS) is 1. The molecule has 1 aliphatic heterocycles. The van der Waals surface area contributed by atoms with Gasteiger partial charge in [0.15, 0.2) is 0 Å². The molecule has 0 spiro atoms. The summed E-state index contributed by atoms with van der Waals surface area (Å²) in [6.07, 6.45) is 0.847. The van der Waals surface area contributed by atoms with Crippen LogP contribution in [0.15, 0.2) is 48.5 Å². The van der Waals surface area contributed by atoms with Crippen LogP contribution in [0, 0.1) is 23.7 Å². The number of benzene rings is 2. The van der Waals surface area contributed by atoms with Crippen molar-refractivity contribution in [2.45, 2.75) is 25.7 Å². The summed E-state index contributed by atoms with van der Waals surface area (Å²) in [5, 5.41) is 12.2. The van der Waals surface area contributed by atoms with Crippen LogP contribution in [-0.2, 0) is 14.3 Å². The molecule has 2 fully saturated rings. The van der Waals surface area contributed by atoms with Gasteiger partial charge in [-0.2, -0.15) is 0 Å². The van der Waals surface area contributed by atoms with Crippen molar-refractivity contribution in [1.82, 2.24) is 10.2 Å². The summed E-state index contributed by atoms with van der Waals surface area (Å²) >= 11 is 0. The number of carbonyl (C=O) groups is 3. The Morgan fingerprint density at radius 3 is 2.29 bits per heavy atom. The van der Waals surface area contributed by atoms with E-state index in [1.165, 1.54) is 22.3 Å². The van der Waals surface area contributed by atoms with Gasteiger partial charge in [-0.25, -0.2) is 4.79 Å². The predicted octanol–water partition coefficient (Wildman–Crippen LogP) is 3.73. The largest absolute Gasteiger partial charge is 0.481 e. The van der Waals surface area contributed by atoms with E-state index in [1.54, 1.807) is 4.90 Å². The van der Waals surface area contributed by atoms with Gasteiger partial charge in [-0.15, -0.1) is 0 Å². The van der Waals surface area contributed by atoms with Crippen LogP contribution in [0.4, 0.5) is 4.79 Å². The molecular weight excluding hydrogens is 432 g/mol. The minimum atomic E-state index is -0.839. The summed E-state index contributed by atoms with van der Waals surface area (Å²) in [6.45, 7) is 3.51. The van der Waals surface area contributed by atoms with E-state index in [-0.39, 0.29) is 42.7 Å². The fraction of sp³-hybridized carbons (Fsp3) is 0.444. The third kappa shape index (κ3) is 4.39. The Kier molecular flexibility index (Phi) is 6.02. The van der Waals surface area contributed by atoms with Crippen LogP contribution in [-0.4, -0.2) is 54.2 Å². The lowest BCUT2D eigenvalue weighted by atomic mass is 9.90. The van der Waals surface area contributed by atoms with Crippen molar-refractivity contribution in [3.63, 3.8) is 0 Å². The number of alkyl carbamates (subject to hydrolysis) is 1. The summed E-state index contributed by atoms with van der Waals surface area (Å²) in [4.78, 5) is 38.3. The van der Waals surface area contributed by atoms with Crippen LogP contribution < -0.4 is 5.32 Å². The number of likely N-dealkylation sites (tertiary alicyclic amines) is 1. The molecule has 3 aliphatic rings. The second kappa shape index (κ2) is 9.12. The van der Waals surface area contributed by atoms with Crippen molar-refractivity contribution in [2.24, 2.45) is 23.7 Å². The summed E-state index contributed by atoms with van der Waals surface area (Å²) in [5.41, 5.74) is 4.70. The fourth-order valence-corrected chi connectivity index (χ4v) is 5.58. The number of piperidine rings is 1. The Bertz CT molecular complexity index is 1070. The summed E-state index contributed by atoms with van der Waals surface area (Å²) < 4.78 is 5.57. The number of fused-ring (bicyclic) bond motifs is 3. The highest BCUT2D eigenvalue weighted by molar-refractivity contribution is 5.83. The first-order chi connectivity index (χ1) is 16.4. The normalized spacial score (nSPS) is 25.3. The standard InChI is InChI=1S/C27H30N2O5/c1-16-10-18(26(31)32)14-29(13-16)25(30)23-11-17(23)12-28-27(33)34-15-24-21-8-4-2-6-19(21)20-7-3-5-9-22(20)24/h2-9,16-18,23-24H,10-15H2,1H3,(H,28,33)(H,31,32)/t16?,17-,18?,23-/m0/s1. The first kappa shape index (κ1) is 22.4. The van der Waals surface area contributed by atoms with E-state index >= 15 is 0 Å². The lowest BCUT2D eigenvalue weighted by molar-refractivity contribution is -0.147. The third-order valence-electron chi connectivity index (χ3n) is 7.41. The monoisotopic (exact) mass is 462 g/mol. The van der Waals surface area contributed by atoms with Crippen LogP contribution in [0.1, 0.15) is 36.8 Å².